The Hall–Kier alpha value is -1.96. The maximum Gasteiger partial charge on any atom is 0.277 e. The van der Waals surface area contributed by atoms with Crippen molar-refractivity contribution in [3.8, 4) is 11.6 Å². The lowest BCUT2D eigenvalue weighted by atomic mass is 10.4. The van der Waals surface area contributed by atoms with Gasteiger partial charge in [0.1, 0.15) is 5.69 Å². The predicted molar refractivity (Wildman–Crippen MR) is 64.7 cm³/mol. The Balaban J connectivity index is 2.01. The van der Waals surface area contributed by atoms with Gasteiger partial charge in [-0.25, -0.2) is 4.98 Å². The number of rotatable bonds is 4. The monoisotopic (exact) mass is 265 g/mol. The van der Waals surface area contributed by atoms with Crippen molar-refractivity contribution in [1.29, 1.82) is 0 Å². The molecule has 8 heteroatoms. The molecule has 2 aromatic heterocycles. The zero-order valence-corrected chi connectivity index (χ0v) is 10.7. The average molecular weight is 265 g/mol. The minimum Gasteiger partial charge on any atom is -0.410 e. The van der Waals surface area contributed by atoms with Gasteiger partial charge in [-0.1, -0.05) is 11.8 Å². The molecule has 0 atom stereocenters. The lowest BCUT2D eigenvalue weighted by Gasteiger charge is -2.07. The van der Waals surface area contributed by atoms with Gasteiger partial charge >= 0.3 is 0 Å². The Morgan fingerprint density at radius 2 is 2.22 bits per heavy atom. The first-order valence-corrected chi connectivity index (χ1v) is 6.08. The highest BCUT2D eigenvalue weighted by Gasteiger charge is 2.12. The van der Waals surface area contributed by atoms with E-state index in [1.165, 1.54) is 22.9 Å². The highest BCUT2D eigenvalue weighted by Crippen LogP contribution is 2.21. The van der Waals surface area contributed by atoms with Crippen molar-refractivity contribution < 1.29 is 9.21 Å². The van der Waals surface area contributed by atoms with Crippen LogP contribution in [-0.2, 0) is 4.79 Å². The third-order valence-electron chi connectivity index (χ3n) is 2.01. The Morgan fingerprint density at radius 3 is 2.89 bits per heavy atom. The topological polar surface area (TPSA) is 85.0 Å². The van der Waals surface area contributed by atoms with Gasteiger partial charge in [0.15, 0.2) is 0 Å². The van der Waals surface area contributed by atoms with E-state index in [0.29, 0.717) is 16.8 Å². The van der Waals surface area contributed by atoms with Crippen LogP contribution in [0, 0.1) is 0 Å². The summed E-state index contributed by atoms with van der Waals surface area (Å²) in [5.74, 6) is 0.539. The van der Waals surface area contributed by atoms with E-state index < -0.39 is 0 Å². The van der Waals surface area contributed by atoms with Crippen LogP contribution in [0.5, 0.6) is 0 Å². The van der Waals surface area contributed by atoms with Crippen LogP contribution >= 0.6 is 11.8 Å². The molecule has 0 saturated heterocycles. The molecule has 0 aliphatic carbocycles. The van der Waals surface area contributed by atoms with Crippen molar-refractivity contribution in [1.82, 2.24) is 25.1 Å². The molecule has 0 aliphatic heterocycles. The third-order valence-corrected chi connectivity index (χ3v) is 2.81. The fraction of sp³-hybridized carbons (Fsp3) is 0.300. The van der Waals surface area contributed by atoms with Gasteiger partial charge in [-0.2, -0.15) is 0 Å². The van der Waals surface area contributed by atoms with E-state index >= 15 is 0 Å². The van der Waals surface area contributed by atoms with Gasteiger partial charge in [-0.05, 0) is 0 Å². The number of carbonyl (C=O) groups excluding carboxylic acids is 1. The Kier molecular flexibility index (Phi) is 3.88. The number of nitrogens with zero attached hydrogens (tertiary/aromatic N) is 5. The minimum absolute atomic E-state index is 0.0146. The van der Waals surface area contributed by atoms with Gasteiger partial charge in [-0.15, -0.1) is 10.2 Å². The predicted octanol–water partition coefficient (Wildman–Crippen LogP) is 0.707. The highest BCUT2D eigenvalue weighted by atomic mass is 32.2. The second kappa shape index (κ2) is 5.58. The van der Waals surface area contributed by atoms with Gasteiger partial charge in [0.25, 0.3) is 11.1 Å². The maximum absolute atomic E-state index is 11.4. The number of amides is 1. The molecular weight excluding hydrogens is 254 g/mol. The fourth-order valence-corrected chi connectivity index (χ4v) is 1.78. The van der Waals surface area contributed by atoms with Gasteiger partial charge < -0.3 is 9.32 Å². The summed E-state index contributed by atoms with van der Waals surface area (Å²) in [6.45, 7) is 0. The molecule has 1 amide bonds. The van der Waals surface area contributed by atoms with E-state index in [1.54, 1.807) is 26.5 Å². The van der Waals surface area contributed by atoms with E-state index in [-0.39, 0.29) is 11.7 Å². The van der Waals surface area contributed by atoms with E-state index in [4.69, 9.17) is 4.42 Å². The summed E-state index contributed by atoms with van der Waals surface area (Å²) in [6, 6.07) is 0. The molecule has 0 bridgehead atoms. The quantitative estimate of drug-likeness (QED) is 0.752. The maximum atomic E-state index is 11.4. The standard InChI is InChI=1S/C10H11N5O2S/c1-15(2)8(16)6-18-10-14-13-9(17-10)7-5-11-3-4-12-7/h3-5H,6H2,1-2H3. The first-order chi connectivity index (χ1) is 8.66. The summed E-state index contributed by atoms with van der Waals surface area (Å²) >= 11 is 1.19. The number of hydrogen-bond acceptors (Lipinski definition) is 7. The van der Waals surface area contributed by atoms with Gasteiger partial charge in [0.2, 0.25) is 5.91 Å². The summed E-state index contributed by atoms with van der Waals surface area (Å²) < 4.78 is 5.37. The molecule has 0 radical (unpaired) electrons. The van der Waals surface area contributed by atoms with Crippen molar-refractivity contribution in [2.75, 3.05) is 19.8 Å². The second-order valence-corrected chi connectivity index (χ2v) is 4.47. The van der Waals surface area contributed by atoms with E-state index in [0.717, 1.165) is 0 Å². The molecule has 7 nitrogen and oxygen atoms in total. The van der Waals surface area contributed by atoms with Crippen molar-refractivity contribution in [2.45, 2.75) is 5.22 Å². The summed E-state index contributed by atoms with van der Waals surface area (Å²) in [4.78, 5) is 20.8. The third kappa shape index (κ3) is 3.04. The molecule has 0 spiro atoms. The summed E-state index contributed by atoms with van der Waals surface area (Å²) in [6.07, 6.45) is 4.64. The van der Waals surface area contributed by atoms with Crippen molar-refractivity contribution in [3.63, 3.8) is 0 Å². The molecule has 2 aromatic rings. The van der Waals surface area contributed by atoms with Crippen LogP contribution in [0.25, 0.3) is 11.6 Å². The molecule has 0 saturated carbocycles. The van der Waals surface area contributed by atoms with Gasteiger partial charge in [0, 0.05) is 26.5 Å². The molecule has 0 fully saturated rings. The number of aromatic nitrogens is 4. The first-order valence-electron chi connectivity index (χ1n) is 5.09. The lowest BCUT2D eigenvalue weighted by molar-refractivity contribution is -0.125. The van der Waals surface area contributed by atoms with Crippen molar-refractivity contribution >= 4 is 17.7 Å². The first kappa shape index (κ1) is 12.5. The van der Waals surface area contributed by atoms with Crippen LogP contribution in [0.3, 0.4) is 0 Å². The van der Waals surface area contributed by atoms with Crippen LogP contribution in [-0.4, -0.2) is 50.8 Å². The fourth-order valence-electron chi connectivity index (χ4n) is 1.03. The van der Waals surface area contributed by atoms with E-state index in [2.05, 4.69) is 20.2 Å². The normalized spacial score (nSPS) is 10.3. The molecule has 94 valence electrons. The number of thioether (sulfide) groups is 1. The van der Waals surface area contributed by atoms with Gasteiger partial charge in [-0.3, -0.25) is 9.78 Å². The Labute approximate surface area is 108 Å². The zero-order valence-electron chi connectivity index (χ0n) is 9.90. The highest BCUT2D eigenvalue weighted by molar-refractivity contribution is 7.99. The molecule has 18 heavy (non-hydrogen) atoms. The van der Waals surface area contributed by atoms with Gasteiger partial charge in [0.05, 0.1) is 11.9 Å². The molecule has 0 aromatic carbocycles. The van der Waals surface area contributed by atoms with Crippen LogP contribution < -0.4 is 0 Å². The van der Waals surface area contributed by atoms with Crippen molar-refractivity contribution in [3.05, 3.63) is 18.6 Å². The summed E-state index contributed by atoms with van der Waals surface area (Å²) in [5.41, 5.74) is 0.510. The molecule has 2 heterocycles. The smallest absolute Gasteiger partial charge is 0.277 e. The van der Waals surface area contributed by atoms with Crippen LogP contribution in [0.4, 0.5) is 0 Å². The summed E-state index contributed by atoms with van der Waals surface area (Å²) in [7, 11) is 3.39. The van der Waals surface area contributed by atoms with Crippen LogP contribution in [0.1, 0.15) is 0 Å². The summed E-state index contributed by atoms with van der Waals surface area (Å²) in [5, 5.41) is 8.01. The molecular formula is C10H11N5O2S. The number of carbonyl (C=O) groups is 1. The molecule has 0 aliphatic rings. The van der Waals surface area contributed by atoms with Crippen LogP contribution in [0.15, 0.2) is 28.2 Å². The van der Waals surface area contributed by atoms with E-state index in [9.17, 15) is 4.79 Å². The number of hydrogen-bond donors (Lipinski definition) is 0. The Bertz CT molecular complexity index is 528. The minimum atomic E-state index is -0.0146. The zero-order chi connectivity index (χ0) is 13.0. The Morgan fingerprint density at radius 1 is 1.39 bits per heavy atom. The lowest BCUT2D eigenvalue weighted by Crippen LogP contribution is -2.23. The largest absolute Gasteiger partial charge is 0.410 e. The van der Waals surface area contributed by atoms with Crippen LogP contribution in [0.2, 0.25) is 0 Å². The van der Waals surface area contributed by atoms with E-state index in [1.807, 2.05) is 0 Å². The average Bonchev–Trinajstić information content (AvgIpc) is 2.85. The SMILES string of the molecule is CN(C)C(=O)CSc1nnc(-c2cnccn2)o1. The molecule has 2 rings (SSSR count). The van der Waals surface area contributed by atoms with Crippen molar-refractivity contribution in [2.24, 2.45) is 0 Å². The molecule has 0 N–H and O–H groups in total. The second-order valence-electron chi connectivity index (χ2n) is 3.54. The molecule has 0 unspecified atom stereocenters.